The second kappa shape index (κ2) is 8.38. The SMILES string of the molecule is COc1cc(C(C)(C)C)ccc1C1=N[C@@](C)(c2ccc(Cl)cc2)[C@](C)(c2ccc(Cl)cc2)N1. The average Bonchev–Trinajstić information content (AvgIpc) is 3.06. The zero-order chi connectivity index (χ0) is 24.0. The molecule has 0 spiro atoms. The van der Waals surface area contributed by atoms with Crippen LogP contribution >= 0.6 is 23.2 Å². The van der Waals surface area contributed by atoms with Gasteiger partial charge >= 0.3 is 0 Å². The van der Waals surface area contributed by atoms with Crippen molar-refractivity contribution in [2.45, 2.75) is 51.1 Å². The molecule has 4 rings (SSSR count). The highest BCUT2D eigenvalue weighted by Crippen LogP contribution is 2.48. The Morgan fingerprint density at radius 2 is 1.36 bits per heavy atom. The molecule has 0 amide bonds. The summed E-state index contributed by atoms with van der Waals surface area (Å²) in [4.78, 5) is 5.29. The maximum atomic E-state index is 6.20. The molecule has 0 saturated heterocycles. The second-order valence-electron chi connectivity index (χ2n) is 9.96. The molecular weight excluding hydrogens is 451 g/mol. The first-order valence-corrected chi connectivity index (χ1v) is 11.8. The highest BCUT2D eigenvalue weighted by molar-refractivity contribution is 6.30. The molecule has 33 heavy (non-hydrogen) atoms. The number of halogens is 2. The van der Waals surface area contributed by atoms with Gasteiger partial charge in [0.2, 0.25) is 0 Å². The first-order valence-electron chi connectivity index (χ1n) is 11.1. The van der Waals surface area contributed by atoms with Crippen LogP contribution in [-0.2, 0) is 16.5 Å². The highest BCUT2D eigenvalue weighted by Gasteiger charge is 2.52. The van der Waals surface area contributed by atoms with Gasteiger partial charge in [0.1, 0.15) is 17.1 Å². The molecule has 2 atom stereocenters. The van der Waals surface area contributed by atoms with Gasteiger partial charge in [-0.1, -0.05) is 74.3 Å². The van der Waals surface area contributed by atoms with Crippen LogP contribution in [-0.4, -0.2) is 12.9 Å². The number of methoxy groups -OCH3 is 1. The van der Waals surface area contributed by atoms with E-state index >= 15 is 0 Å². The first kappa shape index (κ1) is 23.7. The van der Waals surface area contributed by atoms with Crippen molar-refractivity contribution in [2.75, 3.05) is 7.11 Å². The lowest BCUT2D eigenvalue weighted by molar-refractivity contribution is 0.268. The molecule has 0 unspecified atom stereocenters. The van der Waals surface area contributed by atoms with Crippen molar-refractivity contribution >= 4 is 29.0 Å². The lowest BCUT2D eigenvalue weighted by atomic mass is 9.72. The zero-order valence-corrected chi connectivity index (χ0v) is 21.5. The quantitative estimate of drug-likeness (QED) is 0.419. The summed E-state index contributed by atoms with van der Waals surface area (Å²) in [6, 6.07) is 22.2. The Labute approximate surface area is 206 Å². The Bertz CT molecular complexity index is 1200. The molecule has 3 nitrogen and oxygen atoms in total. The number of hydrogen-bond donors (Lipinski definition) is 1. The standard InChI is InChI=1S/C28H30Cl2N2O/c1-26(2,3)20-11-16-23(24(17-20)33-6)25-31-27(4,18-7-12-21(29)13-8-18)28(5,32-25)19-9-14-22(30)15-10-19/h7-17H,1-6H3,(H,31,32)/t27-,28-/m0/s1. The molecular formula is C28H30Cl2N2O. The van der Waals surface area contributed by atoms with Crippen LogP contribution in [0.25, 0.3) is 0 Å². The Morgan fingerprint density at radius 3 is 1.88 bits per heavy atom. The van der Waals surface area contributed by atoms with E-state index in [1.807, 2.05) is 36.4 Å². The molecule has 0 saturated carbocycles. The van der Waals surface area contributed by atoms with Crippen LogP contribution < -0.4 is 10.1 Å². The van der Waals surface area contributed by atoms with Crippen LogP contribution in [0.15, 0.2) is 71.7 Å². The van der Waals surface area contributed by atoms with Crippen molar-refractivity contribution in [3.63, 3.8) is 0 Å². The molecule has 0 fully saturated rings. The van der Waals surface area contributed by atoms with Gasteiger partial charge in [0.15, 0.2) is 0 Å². The average molecular weight is 481 g/mol. The molecule has 172 valence electrons. The minimum atomic E-state index is -0.603. The summed E-state index contributed by atoms with van der Waals surface area (Å²) in [6.45, 7) is 10.9. The third kappa shape index (κ3) is 4.13. The van der Waals surface area contributed by atoms with E-state index in [4.69, 9.17) is 32.9 Å². The minimum absolute atomic E-state index is 0.0202. The number of amidine groups is 1. The summed E-state index contributed by atoms with van der Waals surface area (Å²) in [7, 11) is 1.71. The van der Waals surface area contributed by atoms with E-state index in [0.29, 0.717) is 10.0 Å². The fourth-order valence-electron chi connectivity index (χ4n) is 4.47. The van der Waals surface area contributed by atoms with Crippen LogP contribution in [0.1, 0.15) is 56.9 Å². The molecule has 3 aromatic carbocycles. The maximum absolute atomic E-state index is 6.20. The highest BCUT2D eigenvalue weighted by atomic mass is 35.5. The molecule has 1 N–H and O–H groups in total. The predicted octanol–water partition coefficient (Wildman–Crippen LogP) is 7.48. The summed E-state index contributed by atoms with van der Waals surface area (Å²) >= 11 is 12.4. The van der Waals surface area contributed by atoms with Gasteiger partial charge in [-0.2, -0.15) is 0 Å². The molecule has 1 heterocycles. The van der Waals surface area contributed by atoms with Gasteiger partial charge in [0.25, 0.3) is 0 Å². The minimum Gasteiger partial charge on any atom is -0.496 e. The predicted molar refractivity (Wildman–Crippen MR) is 139 cm³/mol. The van der Waals surface area contributed by atoms with Crippen LogP contribution in [0.3, 0.4) is 0 Å². The van der Waals surface area contributed by atoms with Crippen LogP contribution in [0, 0.1) is 0 Å². The molecule has 3 aromatic rings. The van der Waals surface area contributed by atoms with E-state index in [0.717, 1.165) is 28.3 Å². The zero-order valence-electron chi connectivity index (χ0n) is 20.0. The van der Waals surface area contributed by atoms with Gasteiger partial charge in [0, 0.05) is 10.0 Å². The second-order valence-corrected chi connectivity index (χ2v) is 10.8. The van der Waals surface area contributed by atoms with Crippen molar-refractivity contribution < 1.29 is 4.74 Å². The van der Waals surface area contributed by atoms with Crippen molar-refractivity contribution in [3.8, 4) is 5.75 Å². The lowest BCUT2D eigenvalue weighted by Crippen LogP contribution is -2.50. The summed E-state index contributed by atoms with van der Waals surface area (Å²) < 4.78 is 5.82. The van der Waals surface area contributed by atoms with Gasteiger partial charge in [0.05, 0.1) is 18.2 Å². The van der Waals surface area contributed by atoms with Gasteiger partial charge < -0.3 is 10.1 Å². The third-order valence-electron chi connectivity index (χ3n) is 6.83. The molecule has 0 bridgehead atoms. The van der Waals surface area contributed by atoms with E-state index in [2.05, 4.69) is 70.3 Å². The van der Waals surface area contributed by atoms with Gasteiger partial charge in [-0.15, -0.1) is 0 Å². The van der Waals surface area contributed by atoms with Crippen LogP contribution in [0.4, 0.5) is 0 Å². The van der Waals surface area contributed by atoms with Gasteiger partial charge in [-0.3, -0.25) is 4.99 Å². The van der Waals surface area contributed by atoms with E-state index in [-0.39, 0.29) is 5.41 Å². The summed E-state index contributed by atoms with van der Waals surface area (Å²) in [6.07, 6.45) is 0. The first-order chi connectivity index (χ1) is 15.5. The molecule has 1 aliphatic rings. The fraction of sp³-hybridized carbons (Fsp3) is 0.321. The van der Waals surface area contributed by atoms with Crippen molar-refractivity contribution in [3.05, 3.63) is 99.0 Å². The summed E-state index contributed by atoms with van der Waals surface area (Å²) in [5, 5.41) is 5.15. The van der Waals surface area contributed by atoms with Crippen molar-refractivity contribution in [2.24, 2.45) is 4.99 Å². The van der Waals surface area contributed by atoms with E-state index in [9.17, 15) is 0 Å². The number of nitrogens with one attached hydrogen (secondary N) is 1. The number of benzene rings is 3. The Balaban J connectivity index is 1.89. The molecule has 5 heteroatoms. The number of hydrogen-bond acceptors (Lipinski definition) is 3. The topological polar surface area (TPSA) is 33.6 Å². The van der Waals surface area contributed by atoms with E-state index in [1.54, 1.807) is 7.11 Å². The molecule has 1 aliphatic heterocycles. The van der Waals surface area contributed by atoms with E-state index in [1.165, 1.54) is 5.56 Å². The number of ether oxygens (including phenoxy) is 1. The monoisotopic (exact) mass is 480 g/mol. The molecule has 0 aliphatic carbocycles. The Hall–Kier alpha value is -2.49. The number of nitrogens with zero attached hydrogens (tertiary/aromatic N) is 1. The molecule has 0 aromatic heterocycles. The smallest absolute Gasteiger partial charge is 0.133 e. The number of aliphatic imine (C=N–C) groups is 1. The van der Waals surface area contributed by atoms with E-state index < -0.39 is 11.1 Å². The largest absolute Gasteiger partial charge is 0.496 e. The van der Waals surface area contributed by atoms with Crippen molar-refractivity contribution in [1.29, 1.82) is 0 Å². The third-order valence-corrected chi connectivity index (χ3v) is 7.33. The van der Waals surface area contributed by atoms with Crippen LogP contribution in [0.2, 0.25) is 10.0 Å². The Morgan fingerprint density at radius 1 is 0.818 bits per heavy atom. The van der Waals surface area contributed by atoms with Gasteiger partial charge in [-0.05, 0) is 72.4 Å². The lowest BCUT2D eigenvalue weighted by Gasteiger charge is -2.40. The normalized spacial score (nSPS) is 22.6. The van der Waals surface area contributed by atoms with Crippen molar-refractivity contribution in [1.82, 2.24) is 5.32 Å². The summed E-state index contributed by atoms with van der Waals surface area (Å²) in [5.74, 6) is 1.59. The van der Waals surface area contributed by atoms with Gasteiger partial charge in [-0.25, -0.2) is 0 Å². The summed E-state index contributed by atoms with van der Waals surface area (Å²) in [5.41, 5.74) is 3.19. The molecule has 0 radical (unpaired) electrons. The maximum Gasteiger partial charge on any atom is 0.133 e. The fourth-order valence-corrected chi connectivity index (χ4v) is 4.72. The Kier molecular flexibility index (Phi) is 6.01. The number of rotatable bonds is 4. The van der Waals surface area contributed by atoms with Crippen LogP contribution in [0.5, 0.6) is 5.75 Å².